The quantitative estimate of drug-likeness (QED) is 0.547. The lowest BCUT2D eigenvalue weighted by atomic mass is 9.68. The predicted molar refractivity (Wildman–Crippen MR) is 107 cm³/mol. The predicted octanol–water partition coefficient (Wildman–Crippen LogP) is 5.12. The average Bonchev–Trinajstić information content (AvgIpc) is 3.34. The largest absolute Gasteiger partial charge is 0.284 e. The van der Waals surface area contributed by atoms with E-state index in [9.17, 15) is 4.79 Å². The summed E-state index contributed by atoms with van der Waals surface area (Å²) in [5, 5.41) is 0.908. The van der Waals surface area contributed by atoms with E-state index < -0.39 is 0 Å². The van der Waals surface area contributed by atoms with Crippen molar-refractivity contribution in [3.8, 4) is 11.3 Å². The van der Waals surface area contributed by atoms with Crippen LogP contribution in [0.1, 0.15) is 68.5 Å². The Hall–Kier alpha value is -1.55. The van der Waals surface area contributed by atoms with Gasteiger partial charge < -0.3 is 0 Å². The topological polar surface area (TPSA) is 34.9 Å². The standard InChI is InChI=1S/C22H26N2OS/c1-26-21-23-19-17-11-5-2-8-15(17)14-22(12-6-7-13-22)18(19)20(25)24(21)16-9-3-4-10-16/h2,5,8,11,16H,3-4,6-7,9-10,12-14H2,1H3. The Balaban J connectivity index is 1.82. The van der Waals surface area contributed by atoms with Crippen molar-refractivity contribution in [2.75, 3.05) is 6.26 Å². The molecule has 2 aromatic rings. The first-order valence-corrected chi connectivity index (χ1v) is 11.3. The second kappa shape index (κ2) is 6.26. The number of rotatable bonds is 2. The molecule has 3 aliphatic carbocycles. The van der Waals surface area contributed by atoms with Crippen LogP contribution in [0.3, 0.4) is 0 Å². The number of hydrogen-bond acceptors (Lipinski definition) is 3. The van der Waals surface area contributed by atoms with Crippen LogP contribution in [0.5, 0.6) is 0 Å². The Morgan fingerprint density at radius 3 is 2.58 bits per heavy atom. The molecule has 1 aromatic carbocycles. The molecule has 0 saturated heterocycles. The van der Waals surface area contributed by atoms with Crippen LogP contribution in [0.2, 0.25) is 0 Å². The highest BCUT2D eigenvalue weighted by molar-refractivity contribution is 7.98. The Bertz CT molecular complexity index is 905. The van der Waals surface area contributed by atoms with E-state index >= 15 is 0 Å². The van der Waals surface area contributed by atoms with E-state index in [1.807, 2.05) is 0 Å². The summed E-state index contributed by atoms with van der Waals surface area (Å²) in [7, 11) is 0. The maximum atomic E-state index is 13.9. The molecule has 4 heteroatoms. The smallest absolute Gasteiger partial charge is 0.258 e. The van der Waals surface area contributed by atoms with Crippen molar-refractivity contribution in [3.63, 3.8) is 0 Å². The van der Waals surface area contributed by atoms with Crippen LogP contribution in [-0.4, -0.2) is 15.8 Å². The molecule has 0 aliphatic heterocycles. The van der Waals surface area contributed by atoms with E-state index in [0.717, 1.165) is 48.5 Å². The summed E-state index contributed by atoms with van der Waals surface area (Å²) in [6.45, 7) is 0. The number of nitrogens with zero attached hydrogens (tertiary/aromatic N) is 2. The fraction of sp³-hybridized carbons (Fsp3) is 0.545. The van der Waals surface area contributed by atoms with Crippen LogP contribution in [0.25, 0.3) is 11.3 Å². The van der Waals surface area contributed by atoms with Crippen molar-refractivity contribution < 1.29 is 0 Å². The van der Waals surface area contributed by atoms with E-state index in [2.05, 4.69) is 35.1 Å². The maximum Gasteiger partial charge on any atom is 0.258 e. The van der Waals surface area contributed by atoms with Gasteiger partial charge in [-0.2, -0.15) is 0 Å². The van der Waals surface area contributed by atoms with Gasteiger partial charge in [-0.25, -0.2) is 4.98 Å². The van der Waals surface area contributed by atoms with Gasteiger partial charge in [-0.3, -0.25) is 9.36 Å². The van der Waals surface area contributed by atoms with Crippen LogP contribution in [0.15, 0.2) is 34.2 Å². The fourth-order valence-electron chi connectivity index (χ4n) is 5.65. The molecule has 0 amide bonds. The van der Waals surface area contributed by atoms with E-state index in [1.54, 1.807) is 11.8 Å². The van der Waals surface area contributed by atoms with Crippen molar-refractivity contribution in [2.24, 2.45) is 0 Å². The molecule has 0 radical (unpaired) electrons. The van der Waals surface area contributed by atoms with Crippen molar-refractivity contribution in [3.05, 3.63) is 45.7 Å². The zero-order valence-corrected chi connectivity index (χ0v) is 16.3. The third-order valence-electron chi connectivity index (χ3n) is 6.85. The molecule has 3 nitrogen and oxygen atoms in total. The lowest BCUT2D eigenvalue weighted by Gasteiger charge is -2.37. The fourth-order valence-corrected chi connectivity index (χ4v) is 6.26. The van der Waals surface area contributed by atoms with Crippen molar-refractivity contribution >= 4 is 11.8 Å². The number of fused-ring (bicyclic) bond motifs is 4. The molecule has 1 spiro atoms. The van der Waals surface area contributed by atoms with Gasteiger partial charge >= 0.3 is 0 Å². The van der Waals surface area contributed by atoms with Gasteiger partial charge in [0.1, 0.15) is 0 Å². The van der Waals surface area contributed by atoms with Crippen molar-refractivity contribution in [1.82, 2.24) is 9.55 Å². The zero-order chi connectivity index (χ0) is 17.7. The van der Waals surface area contributed by atoms with Gasteiger partial charge in [0.25, 0.3) is 5.56 Å². The monoisotopic (exact) mass is 366 g/mol. The van der Waals surface area contributed by atoms with Crippen molar-refractivity contribution in [2.45, 2.75) is 74.4 Å². The molecule has 2 saturated carbocycles. The molecule has 26 heavy (non-hydrogen) atoms. The number of hydrogen-bond donors (Lipinski definition) is 0. The first-order valence-electron chi connectivity index (χ1n) is 10.0. The Kier molecular flexibility index (Phi) is 4.00. The van der Waals surface area contributed by atoms with E-state index in [0.29, 0.717) is 6.04 Å². The minimum absolute atomic E-state index is 0.0189. The summed E-state index contributed by atoms with van der Waals surface area (Å²) in [5.74, 6) is 0. The third-order valence-corrected chi connectivity index (χ3v) is 7.50. The molecule has 5 rings (SSSR count). The summed E-state index contributed by atoms with van der Waals surface area (Å²) in [6.07, 6.45) is 12.5. The van der Waals surface area contributed by atoms with Gasteiger partial charge in [-0.1, -0.05) is 61.7 Å². The van der Waals surface area contributed by atoms with E-state index in [-0.39, 0.29) is 11.0 Å². The molecule has 1 heterocycles. The Labute approximate surface area is 159 Å². The van der Waals surface area contributed by atoms with E-state index in [4.69, 9.17) is 4.98 Å². The molecule has 0 bridgehead atoms. The lowest BCUT2D eigenvalue weighted by molar-refractivity contribution is 0.396. The minimum atomic E-state index is 0.0189. The van der Waals surface area contributed by atoms with Crippen LogP contribution >= 0.6 is 11.8 Å². The van der Waals surface area contributed by atoms with Gasteiger partial charge in [0.2, 0.25) is 0 Å². The van der Waals surface area contributed by atoms with Gasteiger partial charge in [0.15, 0.2) is 5.16 Å². The Morgan fingerprint density at radius 2 is 1.85 bits per heavy atom. The van der Waals surface area contributed by atoms with E-state index in [1.165, 1.54) is 36.8 Å². The van der Waals surface area contributed by atoms with Gasteiger partial charge in [0, 0.05) is 17.0 Å². The molecule has 3 aliphatic rings. The van der Waals surface area contributed by atoms with Crippen LogP contribution in [-0.2, 0) is 11.8 Å². The maximum absolute atomic E-state index is 13.9. The van der Waals surface area contributed by atoms with Gasteiger partial charge in [-0.15, -0.1) is 0 Å². The molecular formula is C22H26N2OS. The van der Waals surface area contributed by atoms with Crippen LogP contribution in [0, 0.1) is 0 Å². The molecular weight excluding hydrogens is 340 g/mol. The highest BCUT2D eigenvalue weighted by atomic mass is 32.2. The molecule has 0 atom stereocenters. The highest BCUT2D eigenvalue weighted by Gasteiger charge is 2.45. The second-order valence-electron chi connectivity index (χ2n) is 8.26. The van der Waals surface area contributed by atoms with Gasteiger partial charge in [0.05, 0.1) is 11.3 Å². The summed E-state index contributed by atoms with van der Waals surface area (Å²) in [4.78, 5) is 19.0. The first kappa shape index (κ1) is 16.6. The average molecular weight is 367 g/mol. The first-order chi connectivity index (χ1) is 12.7. The summed E-state index contributed by atoms with van der Waals surface area (Å²) < 4.78 is 2.07. The molecule has 0 N–H and O–H groups in total. The summed E-state index contributed by atoms with van der Waals surface area (Å²) in [6, 6.07) is 8.95. The number of thioether (sulfide) groups is 1. The Morgan fingerprint density at radius 1 is 1.12 bits per heavy atom. The normalized spacial score (nSPS) is 21.1. The number of aromatic nitrogens is 2. The van der Waals surface area contributed by atoms with Crippen LogP contribution < -0.4 is 5.56 Å². The minimum Gasteiger partial charge on any atom is -0.284 e. The second-order valence-corrected chi connectivity index (χ2v) is 9.03. The zero-order valence-electron chi connectivity index (χ0n) is 15.5. The summed E-state index contributed by atoms with van der Waals surface area (Å²) in [5.41, 5.74) is 4.87. The molecule has 1 aromatic heterocycles. The third kappa shape index (κ3) is 2.34. The highest BCUT2D eigenvalue weighted by Crippen LogP contribution is 2.50. The molecule has 136 valence electrons. The van der Waals surface area contributed by atoms with Gasteiger partial charge in [-0.05, 0) is 43.9 Å². The molecule has 0 unspecified atom stereocenters. The summed E-state index contributed by atoms with van der Waals surface area (Å²) >= 11 is 1.63. The van der Waals surface area contributed by atoms with Crippen LogP contribution in [0.4, 0.5) is 0 Å². The number of benzene rings is 1. The molecule has 2 fully saturated rings. The van der Waals surface area contributed by atoms with Crippen molar-refractivity contribution in [1.29, 1.82) is 0 Å². The SMILES string of the molecule is CSc1nc2c(c(=O)n1C1CCCC1)C1(CCCC1)Cc1ccccc1-2. The lowest BCUT2D eigenvalue weighted by Crippen LogP contribution is -2.41.